The Kier molecular flexibility index (Phi) is 4.21. The molecule has 0 radical (unpaired) electrons. The van der Waals surface area contributed by atoms with Crippen LogP contribution < -0.4 is 0 Å². The number of aromatic nitrogens is 2. The summed E-state index contributed by atoms with van der Waals surface area (Å²) in [5.74, 6) is -0.124. The van der Waals surface area contributed by atoms with Crippen molar-refractivity contribution in [3.63, 3.8) is 0 Å². The lowest BCUT2D eigenvalue weighted by Gasteiger charge is -2.13. The third-order valence-corrected chi connectivity index (χ3v) is 4.99. The number of thioether (sulfide) groups is 1. The van der Waals surface area contributed by atoms with E-state index in [1.54, 1.807) is 0 Å². The smallest absolute Gasteiger partial charge is 0.223 e. The summed E-state index contributed by atoms with van der Waals surface area (Å²) < 4.78 is 20.4. The molecule has 1 aromatic heterocycles. The third kappa shape index (κ3) is 2.33. The van der Waals surface area contributed by atoms with Crippen LogP contribution in [-0.4, -0.2) is 20.8 Å². The number of nitriles is 1. The number of nitrogens with zero attached hydrogens (tertiary/aromatic N) is 3. The molecule has 1 N–H and O–H groups in total. The Hall–Kier alpha value is -1.43. The van der Waals surface area contributed by atoms with Gasteiger partial charge in [-0.05, 0) is 21.7 Å². The van der Waals surface area contributed by atoms with Crippen molar-refractivity contribution in [1.82, 2.24) is 9.97 Å². The van der Waals surface area contributed by atoms with E-state index in [0.29, 0.717) is 22.0 Å². The number of aromatic hydroxyl groups is 1. The van der Waals surface area contributed by atoms with Gasteiger partial charge < -0.3 is 9.84 Å². The molecule has 0 fully saturated rings. The first-order chi connectivity index (χ1) is 10.6. The standard InChI is InChI=1S/C14H11BrFN3O2S/c1-2-22-14-18-12-9(13(20)19-14)8-6(10(15)11(12)16)5-21-7(8)3-4-17/h7H,2-3,5H2,1H3,(H,18,19,20). The molecule has 114 valence electrons. The van der Waals surface area contributed by atoms with Crippen molar-refractivity contribution in [2.45, 2.75) is 31.2 Å². The van der Waals surface area contributed by atoms with Crippen LogP contribution in [0, 0.1) is 17.1 Å². The molecule has 2 aromatic rings. The number of hydrogen-bond donors (Lipinski definition) is 1. The zero-order chi connectivity index (χ0) is 15.9. The third-order valence-electron chi connectivity index (χ3n) is 3.43. The van der Waals surface area contributed by atoms with E-state index in [1.807, 2.05) is 13.0 Å². The molecule has 1 aromatic carbocycles. The van der Waals surface area contributed by atoms with Gasteiger partial charge in [-0.2, -0.15) is 10.2 Å². The molecule has 3 rings (SSSR count). The Bertz CT molecular complexity index is 809. The van der Waals surface area contributed by atoms with Gasteiger partial charge >= 0.3 is 0 Å². The van der Waals surface area contributed by atoms with E-state index < -0.39 is 11.9 Å². The number of benzene rings is 1. The summed E-state index contributed by atoms with van der Waals surface area (Å²) in [7, 11) is 0. The summed E-state index contributed by atoms with van der Waals surface area (Å²) in [5.41, 5.74) is 1.23. The van der Waals surface area contributed by atoms with Gasteiger partial charge in [0.05, 0.1) is 35.1 Å². The Balaban J connectivity index is 2.35. The van der Waals surface area contributed by atoms with Crippen LogP contribution in [-0.2, 0) is 11.3 Å². The van der Waals surface area contributed by atoms with Gasteiger partial charge in [-0.3, -0.25) is 0 Å². The molecule has 2 heterocycles. The van der Waals surface area contributed by atoms with Gasteiger partial charge in [0.25, 0.3) is 0 Å². The van der Waals surface area contributed by atoms with Gasteiger partial charge in [0.2, 0.25) is 5.88 Å². The van der Waals surface area contributed by atoms with Crippen molar-refractivity contribution in [3.8, 4) is 11.9 Å². The zero-order valence-electron chi connectivity index (χ0n) is 11.6. The number of rotatable bonds is 3. The van der Waals surface area contributed by atoms with Gasteiger partial charge in [0.15, 0.2) is 11.0 Å². The maximum atomic E-state index is 14.6. The minimum atomic E-state index is -0.550. The lowest BCUT2D eigenvalue weighted by atomic mass is 9.98. The van der Waals surface area contributed by atoms with Gasteiger partial charge in [-0.1, -0.05) is 18.7 Å². The van der Waals surface area contributed by atoms with Crippen LogP contribution in [0.4, 0.5) is 4.39 Å². The molecule has 5 nitrogen and oxygen atoms in total. The molecular formula is C14H11BrFN3O2S. The second-order valence-corrected chi connectivity index (χ2v) is 6.69. The highest BCUT2D eigenvalue weighted by Gasteiger charge is 2.32. The maximum Gasteiger partial charge on any atom is 0.223 e. The second-order valence-electron chi connectivity index (χ2n) is 4.67. The number of halogens is 2. The topological polar surface area (TPSA) is 79.0 Å². The average molecular weight is 384 g/mol. The Morgan fingerprint density at radius 2 is 2.32 bits per heavy atom. The van der Waals surface area contributed by atoms with Crippen LogP contribution in [0.5, 0.6) is 5.88 Å². The van der Waals surface area contributed by atoms with Crippen LogP contribution in [0.3, 0.4) is 0 Å². The first-order valence-corrected chi connectivity index (χ1v) is 8.38. The van der Waals surface area contributed by atoms with E-state index >= 15 is 0 Å². The largest absolute Gasteiger partial charge is 0.493 e. The fraction of sp³-hybridized carbons (Fsp3) is 0.357. The first-order valence-electron chi connectivity index (χ1n) is 6.60. The van der Waals surface area contributed by atoms with E-state index in [0.717, 1.165) is 0 Å². The van der Waals surface area contributed by atoms with Gasteiger partial charge in [-0.25, -0.2) is 9.37 Å². The van der Waals surface area contributed by atoms with E-state index in [1.165, 1.54) is 11.8 Å². The second kappa shape index (κ2) is 5.99. The maximum absolute atomic E-state index is 14.6. The molecule has 1 aliphatic heterocycles. The molecule has 1 aliphatic rings. The average Bonchev–Trinajstić information content (AvgIpc) is 2.89. The molecule has 0 aliphatic carbocycles. The highest BCUT2D eigenvalue weighted by molar-refractivity contribution is 9.10. The molecule has 1 unspecified atom stereocenters. The monoisotopic (exact) mass is 383 g/mol. The molecular weight excluding hydrogens is 373 g/mol. The van der Waals surface area contributed by atoms with Crippen LogP contribution in [0.15, 0.2) is 9.63 Å². The summed E-state index contributed by atoms with van der Waals surface area (Å²) in [4.78, 5) is 8.23. The van der Waals surface area contributed by atoms with E-state index in [4.69, 9.17) is 10.00 Å². The van der Waals surface area contributed by atoms with Crippen molar-refractivity contribution in [3.05, 3.63) is 21.4 Å². The molecule has 8 heteroatoms. The van der Waals surface area contributed by atoms with Crippen LogP contribution >= 0.6 is 27.7 Å². The quantitative estimate of drug-likeness (QED) is 0.640. The van der Waals surface area contributed by atoms with Crippen LogP contribution in [0.2, 0.25) is 0 Å². The van der Waals surface area contributed by atoms with Crippen LogP contribution in [0.1, 0.15) is 30.6 Å². The number of fused-ring (bicyclic) bond motifs is 3. The number of ether oxygens (including phenoxy) is 1. The minimum Gasteiger partial charge on any atom is -0.493 e. The van der Waals surface area contributed by atoms with Gasteiger partial charge in [0, 0.05) is 11.1 Å². The highest BCUT2D eigenvalue weighted by atomic mass is 79.9. The Labute approximate surface area is 138 Å². The lowest BCUT2D eigenvalue weighted by molar-refractivity contribution is 0.0699. The van der Waals surface area contributed by atoms with Crippen molar-refractivity contribution in [2.24, 2.45) is 0 Å². The molecule has 0 saturated heterocycles. The summed E-state index contributed by atoms with van der Waals surface area (Å²) >= 11 is 4.55. The Morgan fingerprint density at radius 3 is 3.00 bits per heavy atom. The molecule has 22 heavy (non-hydrogen) atoms. The number of hydrogen-bond acceptors (Lipinski definition) is 6. The fourth-order valence-corrected chi connectivity index (χ4v) is 3.62. The van der Waals surface area contributed by atoms with E-state index in [-0.39, 0.29) is 34.3 Å². The minimum absolute atomic E-state index is 0.0440. The molecule has 0 amide bonds. The zero-order valence-corrected chi connectivity index (χ0v) is 14.0. The van der Waals surface area contributed by atoms with Crippen molar-refractivity contribution < 1.29 is 14.2 Å². The van der Waals surface area contributed by atoms with E-state index in [2.05, 4.69) is 25.9 Å². The lowest BCUT2D eigenvalue weighted by Crippen LogP contribution is -2.01. The predicted octanol–water partition coefficient (Wildman–Crippen LogP) is 3.83. The van der Waals surface area contributed by atoms with Crippen LogP contribution in [0.25, 0.3) is 10.9 Å². The van der Waals surface area contributed by atoms with Crippen molar-refractivity contribution in [2.75, 3.05) is 5.75 Å². The van der Waals surface area contributed by atoms with Gasteiger partial charge in [0.1, 0.15) is 5.52 Å². The highest BCUT2D eigenvalue weighted by Crippen LogP contribution is 2.45. The predicted molar refractivity (Wildman–Crippen MR) is 83.0 cm³/mol. The van der Waals surface area contributed by atoms with Gasteiger partial charge in [-0.15, -0.1) is 0 Å². The summed E-state index contributed by atoms with van der Waals surface area (Å²) in [5, 5.41) is 19.7. The normalized spacial score (nSPS) is 16.7. The molecule has 0 saturated carbocycles. The SMILES string of the molecule is CCSc1nc(O)c2c3c(c(Br)c(F)c2n1)COC3CC#N. The van der Waals surface area contributed by atoms with Crippen molar-refractivity contribution in [1.29, 1.82) is 5.26 Å². The molecule has 0 bridgehead atoms. The Morgan fingerprint density at radius 1 is 1.55 bits per heavy atom. The summed E-state index contributed by atoms with van der Waals surface area (Å²) in [6.07, 6.45) is -0.399. The van der Waals surface area contributed by atoms with Crippen molar-refractivity contribution >= 4 is 38.6 Å². The summed E-state index contributed by atoms with van der Waals surface area (Å²) in [6.45, 7) is 2.10. The first kappa shape index (κ1) is 15.5. The van der Waals surface area contributed by atoms with E-state index in [9.17, 15) is 9.50 Å². The summed E-state index contributed by atoms with van der Waals surface area (Å²) in [6, 6.07) is 2.04. The fourth-order valence-electron chi connectivity index (χ4n) is 2.54. The molecule has 1 atom stereocenters. The molecule has 0 spiro atoms.